The molecule has 1 aromatic carbocycles. The van der Waals surface area contributed by atoms with Gasteiger partial charge in [-0.2, -0.15) is 18.3 Å². The van der Waals surface area contributed by atoms with Crippen LogP contribution in [0.2, 0.25) is 5.02 Å². The van der Waals surface area contributed by atoms with Crippen LogP contribution >= 0.6 is 23.5 Å². The summed E-state index contributed by atoms with van der Waals surface area (Å²) in [7, 11) is 1.32. The van der Waals surface area contributed by atoms with Gasteiger partial charge in [0, 0.05) is 16.0 Å². The highest BCUT2D eigenvalue weighted by molar-refractivity contribution is 7.97. The zero-order valence-electron chi connectivity index (χ0n) is 13.6. The molecule has 0 aliphatic carbocycles. The van der Waals surface area contributed by atoms with Crippen LogP contribution in [0.15, 0.2) is 46.2 Å². The molecule has 1 atom stereocenters. The van der Waals surface area contributed by atoms with Crippen molar-refractivity contribution in [2.75, 3.05) is 20.3 Å². The summed E-state index contributed by atoms with van der Waals surface area (Å²) in [6.07, 6.45) is -3.11. The quantitative estimate of drug-likeness (QED) is 0.710. The van der Waals surface area contributed by atoms with Gasteiger partial charge < -0.3 is 4.74 Å². The topological polar surface area (TPSA) is 47.4 Å². The molecule has 1 aliphatic heterocycles. The smallest absolute Gasteiger partial charge is 0.377 e. The molecular weight excluding hydrogens is 391 g/mol. The molecule has 1 saturated heterocycles. The van der Waals surface area contributed by atoms with Gasteiger partial charge in [-0.05, 0) is 36.7 Å². The molecule has 140 valence electrons. The molecule has 0 spiro atoms. The van der Waals surface area contributed by atoms with Crippen LogP contribution in [0.4, 0.5) is 13.2 Å². The molecule has 0 amide bonds. The van der Waals surface area contributed by atoms with Crippen molar-refractivity contribution in [2.45, 2.75) is 23.2 Å². The third-order valence-electron chi connectivity index (χ3n) is 3.88. The Labute approximate surface area is 156 Å². The van der Waals surface area contributed by atoms with Gasteiger partial charge in [0.05, 0.1) is 19.4 Å². The largest absolute Gasteiger partial charge is 0.408 e. The first-order valence-corrected chi connectivity index (χ1v) is 8.80. The number of ether oxygens (including phenoxy) is 1. The Morgan fingerprint density at radius 2 is 2.00 bits per heavy atom. The van der Waals surface area contributed by atoms with E-state index in [1.807, 2.05) is 0 Å². The summed E-state index contributed by atoms with van der Waals surface area (Å²) in [4.78, 5) is 12.4. The lowest BCUT2D eigenvalue weighted by Crippen LogP contribution is -2.38. The van der Waals surface area contributed by atoms with Gasteiger partial charge in [0.2, 0.25) is 0 Å². The summed E-state index contributed by atoms with van der Waals surface area (Å²) >= 11 is 6.57. The lowest BCUT2D eigenvalue weighted by molar-refractivity contribution is -0.169. The van der Waals surface area contributed by atoms with Crippen LogP contribution in [-0.2, 0) is 4.74 Å². The van der Waals surface area contributed by atoms with Crippen molar-refractivity contribution in [3.63, 3.8) is 0 Å². The monoisotopic (exact) mass is 405 g/mol. The minimum Gasteiger partial charge on any atom is -0.377 e. The summed E-state index contributed by atoms with van der Waals surface area (Å²) in [5, 5.41) is 4.40. The fourth-order valence-electron chi connectivity index (χ4n) is 2.56. The Hall–Kier alpha value is -1.55. The van der Waals surface area contributed by atoms with Gasteiger partial charge in [-0.1, -0.05) is 23.7 Å². The predicted octanol–water partition coefficient (Wildman–Crippen LogP) is 3.71. The van der Waals surface area contributed by atoms with Crippen molar-refractivity contribution in [1.82, 2.24) is 14.1 Å². The van der Waals surface area contributed by atoms with Crippen LogP contribution in [0, 0.1) is 0 Å². The maximum absolute atomic E-state index is 13.6. The van der Waals surface area contributed by atoms with E-state index in [4.69, 9.17) is 16.3 Å². The Bertz CT molecular complexity index is 825. The van der Waals surface area contributed by atoms with Crippen LogP contribution in [0.5, 0.6) is 0 Å². The first kappa shape index (κ1) is 19.2. The third kappa shape index (κ3) is 4.22. The molecule has 10 heteroatoms. The van der Waals surface area contributed by atoms with Crippen molar-refractivity contribution in [3.05, 3.63) is 57.5 Å². The van der Waals surface area contributed by atoms with Crippen molar-refractivity contribution < 1.29 is 17.9 Å². The fourth-order valence-corrected chi connectivity index (χ4v) is 3.61. The van der Waals surface area contributed by atoms with Crippen molar-refractivity contribution >= 4 is 23.5 Å². The molecule has 1 fully saturated rings. The predicted molar refractivity (Wildman–Crippen MR) is 92.2 cm³/mol. The van der Waals surface area contributed by atoms with E-state index in [2.05, 4.69) is 5.10 Å². The lowest BCUT2D eigenvalue weighted by atomic mass is 10.1. The van der Waals surface area contributed by atoms with E-state index in [-0.39, 0.29) is 17.2 Å². The third-order valence-corrected chi connectivity index (χ3v) is 5.06. The molecule has 0 saturated carbocycles. The van der Waals surface area contributed by atoms with E-state index in [9.17, 15) is 18.0 Å². The second-order valence-corrected chi connectivity index (χ2v) is 7.46. The van der Waals surface area contributed by atoms with Gasteiger partial charge in [0.1, 0.15) is 12.1 Å². The van der Waals surface area contributed by atoms with Crippen LogP contribution in [-0.4, -0.2) is 40.5 Å². The average molecular weight is 406 g/mol. The molecule has 1 aliphatic rings. The van der Waals surface area contributed by atoms with E-state index >= 15 is 0 Å². The van der Waals surface area contributed by atoms with Crippen molar-refractivity contribution in [2.24, 2.45) is 0 Å². The molecule has 2 aromatic rings. The SMILES string of the molecule is CN(Sc1cnn(C2COC2)c(=O)c1)C(c1ccc(Cl)cc1)C(F)(F)F. The van der Waals surface area contributed by atoms with Crippen molar-refractivity contribution in [1.29, 1.82) is 0 Å². The Morgan fingerprint density at radius 3 is 2.50 bits per heavy atom. The number of nitrogens with zero attached hydrogens (tertiary/aromatic N) is 3. The van der Waals surface area contributed by atoms with Crippen LogP contribution in [0.3, 0.4) is 0 Å². The molecule has 1 unspecified atom stereocenters. The first-order chi connectivity index (χ1) is 12.3. The Morgan fingerprint density at radius 1 is 1.35 bits per heavy atom. The van der Waals surface area contributed by atoms with E-state index in [0.717, 1.165) is 16.3 Å². The maximum Gasteiger partial charge on any atom is 0.408 e. The van der Waals surface area contributed by atoms with Crippen LogP contribution in [0.25, 0.3) is 0 Å². The highest BCUT2D eigenvalue weighted by Gasteiger charge is 2.44. The van der Waals surface area contributed by atoms with Gasteiger partial charge in [0.15, 0.2) is 0 Å². The summed E-state index contributed by atoms with van der Waals surface area (Å²) in [6, 6.07) is 4.81. The van der Waals surface area contributed by atoms with E-state index in [1.54, 1.807) is 0 Å². The lowest BCUT2D eigenvalue weighted by Gasteiger charge is -2.29. The average Bonchev–Trinajstić information content (AvgIpc) is 2.49. The minimum atomic E-state index is -4.50. The molecular formula is C16H15ClF3N3O2S. The summed E-state index contributed by atoms with van der Waals surface area (Å²) in [6.45, 7) is 0.817. The zero-order chi connectivity index (χ0) is 18.9. The van der Waals surface area contributed by atoms with Gasteiger partial charge in [-0.3, -0.25) is 4.79 Å². The number of alkyl halides is 3. The molecule has 26 heavy (non-hydrogen) atoms. The van der Waals surface area contributed by atoms with Gasteiger partial charge in [0.25, 0.3) is 5.56 Å². The first-order valence-electron chi connectivity index (χ1n) is 7.65. The highest BCUT2D eigenvalue weighted by Crippen LogP contribution is 2.41. The second-order valence-electron chi connectivity index (χ2n) is 5.80. The molecule has 0 N–H and O–H groups in total. The fraction of sp³-hybridized carbons (Fsp3) is 0.375. The molecule has 0 radical (unpaired) electrons. The zero-order valence-corrected chi connectivity index (χ0v) is 15.2. The molecule has 0 bridgehead atoms. The van der Waals surface area contributed by atoms with Crippen LogP contribution in [0.1, 0.15) is 17.6 Å². The maximum atomic E-state index is 13.6. The second kappa shape index (κ2) is 7.59. The van der Waals surface area contributed by atoms with E-state index in [0.29, 0.717) is 23.1 Å². The minimum absolute atomic E-state index is 0.0600. The Balaban J connectivity index is 1.81. The number of rotatable bonds is 5. The molecule has 5 nitrogen and oxygen atoms in total. The summed E-state index contributed by atoms with van der Waals surface area (Å²) in [5.74, 6) is 0. The molecule has 3 rings (SSSR count). The molecule has 2 heterocycles. The van der Waals surface area contributed by atoms with Gasteiger partial charge >= 0.3 is 6.18 Å². The summed E-state index contributed by atoms with van der Waals surface area (Å²) < 4.78 is 48.1. The normalized spacial score (nSPS) is 16.5. The van der Waals surface area contributed by atoms with E-state index < -0.39 is 12.2 Å². The van der Waals surface area contributed by atoms with E-state index in [1.165, 1.54) is 48.3 Å². The number of halogens is 4. The number of hydrogen-bond donors (Lipinski definition) is 0. The Kier molecular flexibility index (Phi) is 5.61. The molecule has 1 aromatic heterocycles. The van der Waals surface area contributed by atoms with Crippen LogP contribution < -0.4 is 5.56 Å². The number of hydrogen-bond acceptors (Lipinski definition) is 5. The summed E-state index contributed by atoms with van der Waals surface area (Å²) in [5.41, 5.74) is -0.309. The van der Waals surface area contributed by atoms with Gasteiger partial charge in [-0.15, -0.1) is 0 Å². The van der Waals surface area contributed by atoms with Gasteiger partial charge in [-0.25, -0.2) is 8.99 Å². The standard InChI is InChI=1S/C16H15ClF3N3O2S/c1-22(15(16(18,19)20)10-2-4-11(17)5-3-10)26-13-6-14(24)23(21-7-13)12-8-25-9-12/h2-7,12,15H,8-9H2,1H3. The highest BCUT2D eigenvalue weighted by atomic mass is 35.5. The van der Waals surface area contributed by atoms with Crippen molar-refractivity contribution in [3.8, 4) is 0 Å². The number of aromatic nitrogens is 2. The number of benzene rings is 1.